The van der Waals surface area contributed by atoms with Crippen LogP contribution in [0.15, 0.2) is 84.9 Å². The Bertz CT molecular complexity index is 1330. The van der Waals surface area contributed by atoms with E-state index in [0.29, 0.717) is 17.1 Å². The van der Waals surface area contributed by atoms with Crippen LogP contribution in [0, 0.1) is 0 Å². The van der Waals surface area contributed by atoms with E-state index in [1.54, 1.807) is 35.2 Å². The fraction of sp³-hybridized carbons (Fsp3) is 0.333. The van der Waals surface area contributed by atoms with Crippen LogP contribution in [0.3, 0.4) is 0 Å². The van der Waals surface area contributed by atoms with E-state index < -0.39 is 16.1 Å². The van der Waals surface area contributed by atoms with Crippen LogP contribution in [0.25, 0.3) is 0 Å². The minimum atomic E-state index is -3.55. The summed E-state index contributed by atoms with van der Waals surface area (Å²) in [5, 5.41) is 3.47. The van der Waals surface area contributed by atoms with E-state index in [0.717, 1.165) is 17.4 Å². The number of nitrogens with zero attached hydrogens (tertiary/aromatic N) is 2. The summed E-state index contributed by atoms with van der Waals surface area (Å²) in [6.45, 7) is 4.04. The van der Waals surface area contributed by atoms with Crippen molar-refractivity contribution in [2.45, 2.75) is 51.7 Å². The van der Waals surface area contributed by atoms with Crippen LogP contribution >= 0.6 is 11.6 Å². The monoisotopic (exact) mass is 569 g/mol. The molecule has 208 valence electrons. The van der Waals surface area contributed by atoms with E-state index >= 15 is 0 Å². The number of hydrogen-bond acceptors (Lipinski definition) is 4. The van der Waals surface area contributed by atoms with Gasteiger partial charge in [-0.05, 0) is 49.6 Å². The number of halogens is 1. The lowest BCUT2D eigenvalue weighted by atomic mass is 10.0. The Labute approximate surface area is 236 Å². The highest BCUT2D eigenvalue weighted by Crippen LogP contribution is 2.22. The van der Waals surface area contributed by atoms with Gasteiger partial charge in [-0.1, -0.05) is 78.3 Å². The smallest absolute Gasteiger partial charge is 0.243 e. The minimum absolute atomic E-state index is 0.0591. The molecule has 0 unspecified atom stereocenters. The largest absolute Gasteiger partial charge is 0.352 e. The molecule has 0 aliphatic rings. The van der Waals surface area contributed by atoms with Crippen molar-refractivity contribution < 1.29 is 18.0 Å². The number of amides is 2. The van der Waals surface area contributed by atoms with Gasteiger partial charge in [0.05, 0.1) is 11.9 Å². The van der Waals surface area contributed by atoms with Crippen molar-refractivity contribution in [1.82, 2.24) is 10.2 Å². The minimum Gasteiger partial charge on any atom is -0.352 e. The van der Waals surface area contributed by atoms with Crippen molar-refractivity contribution >= 4 is 39.1 Å². The molecule has 1 atom stereocenters. The van der Waals surface area contributed by atoms with Gasteiger partial charge in [0.1, 0.15) is 6.04 Å². The quantitative estimate of drug-likeness (QED) is 0.312. The third-order valence-electron chi connectivity index (χ3n) is 6.20. The first-order valence-corrected chi connectivity index (χ1v) is 15.2. The molecule has 1 N–H and O–H groups in total. The van der Waals surface area contributed by atoms with E-state index in [1.807, 2.05) is 68.4 Å². The molecule has 7 nitrogen and oxygen atoms in total. The maximum absolute atomic E-state index is 13.8. The highest BCUT2D eigenvalue weighted by Gasteiger charge is 2.31. The molecule has 0 fully saturated rings. The number of rotatable bonds is 13. The maximum Gasteiger partial charge on any atom is 0.243 e. The molecular formula is C30H36ClN3O4S. The van der Waals surface area contributed by atoms with E-state index in [2.05, 4.69) is 5.32 Å². The van der Waals surface area contributed by atoms with Crippen molar-refractivity contribution in [3.05, 3.63) is 101 Å². The lowest BCUT2D eigenvalue weighted by Crippen LogP contribution is -2.51. The summed E-state index contributed by atoms with van der Waals surface area (Å²) in [7, 11) is -3.55. The van der Waals surface area contributed by atoms with Crippen molar-refractivity contribution in [3.63, 3.8) is 0 Å². The van der Waals surface area contributed by atoms with Crippen LogP contribution in [0.1, 0.15) is 37.8 Å². The number of benzene rings is 3. The third kappa shape index (κ3) is 9.11. The fourth-order valence-corrected chi connectivity index (χ4v) is 5.50. The molecule has 2 amide bonds. The molecular weight excluding hydrogens is 534 g/mol. The van der Waals surface area contributed by atoms with E-state index in [4.69, 9.17) is 11.6 Å². The first kappa shape index (κ1) is 30.2. The highest BCUT2D eigenvalue weighted by molar-refractivity contribution is 7.92. The number of nitrogens with one attached hydrogen (secondary N) is 1. The highest BCUT2D eigenvalue weighted by atomic mass is 35.5. The number of carbonyl (C=O) groups excluding carboxylic acids is 2. The van der Waals surface area contributed by atoms with Crippen LogP contribution in [-0.4, -0.2) is 50.0 Å². The molecule has 0 bridgehead atoms. The number of sulfonamides is 1. The Hall–Kier alpha value is -3.36. The average molecular weight is 570 g/mol. The van der Waals surface area contributed by atoms with Gasteiger partial charge in [0.2, 0.25) is 21.8 Å². The summed E-state index contributed by atoms with van der Waals surface area (Å²) >= 11 is 6.45. The zero-order valence-electron chi connectivity index (χ0n) is 22.6. The van der Waals surface area contributed by atoms with Gasteiger partial charge in [-0.15, -0.1) is 0 Å². The van der Waals surface area contributed by atoms with Crippen LogP contribution in [0.4, 0.5) is 5.69 Å². The Morgan fingerprint density at radius 1 is 0.897 bits per heavy atom. The van der Waals surface area contributed by atoms with Gasteiger partial charge in [0.25, 0.3) is 0 Å². The van der Waals surface area contributed by atoms with Gasteiger partial charge in [0.15, 0.2) is 0 Å². The first-order chi connectivity index (χ1) is 18.6. The summed E-state index contributed by atoms with van der Waals surface area (Å²) < 4.78 is 26.3. The van der Waals surface area contributed by atoms with Crippen LogP contribution in [0.2, 0.25) is 5.02 Å². The van der Waals surface area contributed by atoms with Gasteiger partial charge >= 0.3 is 0 Å². The number of carbonyl (C=O) groups is 2. The van der Waals surface area contributed by atoms with Gasteiger partial charge < -0.3 is 10.2 Å². The molecule has 0 aliphatic heterocycles. The lowest BCUT2D eigenvalue weighted by molar-refractivity contribution is -0.141. The van der Waals surface area contributed by atoms with Crippen molar-refractivity contribution in [1.29, 1.82) is 0 Å². The Balaban J connectivity index is 1.88. The molecule has 0 aromatic heterocycles. The Morgan fingerprint density at radius 2 is 1.49 bits per heavy atom. The molecule has 0 saturated carbocycles. The molecule has 0 spiro atoms. The maximum atomic E-state index is 13.8. The predicted molar refractivity (Wildman–Crippen MR) is 157 cm³/mol. The zero-order valence-corrected chi connectivity index (χ0v) is 24.2. The molecule has 3 aromatic rings. The lowest BCUT2D eigenvalue weighted by Gasteiger charge is -2.32. The molecule has 0 aliphatic carbocycles. The summed E-state index contributed by atoms with van der Waals surface area (Å²) in [5.74, 6) is -0.507. The second kappa shape index (κ2) is 14.1. The van der Waals surface area contributed by atoms with Crippen LogP contribution < -0.4 is 9.62 Å². The van der Waals surface area contributed by atoms with Crippen molar-refractivity contribution in [2.75, 3.05) is 17.1 Å². The Kier molecular flexibility index (Phi) is 10.9. The number of anilines is 1. The second-order valence-corrected chi connectivity index (χ2v) is 12.1. The molecule has 0 saturated heterocycles. The summed E-state index contributed by atoms with van der Waals surface area (Å²) in [6.07, 6.45) is 1.82. The van der Waals surface area contributed by atoms with Crippen LogP contribution in [-0.2, 0) is 32.6 Å². The molecule has 0 heterocycles. The summed E-state index contributed by atoms with van der Waals surface area (Å²) in [5.41, 5.74) is 2.19. The van der Waals surface area contributed by atoms with Gasteiger partial charge in [-0.25, -0.2) is 8.42 Å². The summed E-state index contributed by atoms with van der Waals surface area (Å²) in [4.78, 5) is 28.8. The normalized spacial score (nSPS) is 12.1. The van der Waals surface area contributed by atoms with E-state index in [-0.39, 0.29) is 43.8 Å². The standard InChI is InChI=1S/C30H36ClN3O4S/c1-23(2)32-30(36)28(21-24-13-6-4-7-14-24)33(22-25-15-10-11-18-27(25)31)29(35)19-12-20-34(39(3,37)38)26-16-8-5-9-17-26/h4-11,13-18,23,28H,12,19-22H2,1-3H3,(H,32,36)/t28-/m1/s1. The number of hydrogen-bond donors (Lipinski definition) is 1. The predicted octanol–water partition coefficient (Wildman–Crippen LogP) is 5.05. The van der Waals surface area contributed by atoms with E-state index in [1.165, 1.54) is 4.31 Å². The molecule has 9 heteroatoms. The SMILES string of the molecule is CC(C)NC(=O)[C@@H](Cc1ccccc1)N(Cc1ccccc1Cl)C(=O)CCCN(c1ccccc1)S(C)(=O)=O. The van der Waals surface area contributed by atoms with Gasteiger partial charge in [0, 0.05) is 37.0 Å². The average Bonchev–Trinajstić information content (AvgIpc) is 2.89. The van der Waals surface area contributed by atoms with E-state index in [9.17, 15) is 18.0 Å². The van der Waals surface area contributed by atoms with Crippen molar-refractivity contribution in [2.24, 2.45) is 0 Å². The molecule has 3 rings (SSSR count). The zero-order chi connectivity index (χ0) is 28.4. The summed E-state index contributed by atoms with van der Waals surface area (Å²) in [6, 6.07) is 24.7. The number of para-hydroxylation sites is 1. The first-order valence-electron chi connectivity index (χ1n) is 13.0. The third-order valence-corrected chi connectivity index (χ3v) is 7.76. The van der Waals surface area contributed by atoms with Gasteiger partial charge in [-0.3, -0.25) is 13.9 Å². The van der Waals surface area contributed by atoms with Gasteiger partial charge in [-0.2, -0.15) is 0 Å². The molecule has 39 heavy (non-hydrogen) atoms. The molecule has 3 aromatic carbocycles. The van der Waals surface area contributed by atoms with Crippen molar-refractivity contribution in [3.8, 4) is 0 Å². The van der Waals surface area contributed by atoms with Crippen LogP contribution in [0.5, 0.6) is 0 Å². The fourth-order valence-electron chi connectivity index (χ4n) is 4.34. The topological polar surface area (TPSA) is 86.8 Å². The Morgan fingerprint density at radius 3 is 2.08 bits per heavy atom. The second-order valence-electron chi connectivity index (χ2n) is 9.76. The molecule has 0 radical (unpaired) electrons.